The van der Waals surface area contributed by atoms with Crippen LogP contribution in [0.4, 0.5) is 4.39 Å². The van der Waals surface area contributed by atoms with Crippen LogP contribution in [-0.2, 0) is 15.1 Å². The lowest BCUT2D eigenvalue weighted by Gasteiger charge is -2.44. The van der Waals surface area contributed by atoms with E-state index in [1.165, 1.54) is 6.07 Å². The molecule has 2 fully saturated rings. The number of carbonyl (C=O) groups excluding carboxylic acids is 1. The van der Waals surface area contributed by atoms with Crippen molar-refractivity contribution < 1.29 is 28.9 Å². The molecule has 0 spiro atoms. The lowest BCUT2D eigenvalue weighted by Crippen LogP contribution is -2.49. The summed E-state index contributed by atoms with van der Waals surface area (Å²) in [6, 6.07) is 13.2. The highest BCUT2D eigenvalue weighted by Gasteiger charge is 2.45. The van der Waals surface area contributed by atoms with Gasteiger partial charge in [0.05, 0.1) is 11.7 Å². The van der Waals surface area contributed by atoms with Crippen LogP contribution in [0, 0.1) is 17.7 Å². The van der Waals surface area contributed by atoms with Crippen LogP contribution in [0.2, 0.25) is 0 Å². The summed E-state index contributed by atoms with van der Waals surface area (Å²) in [5.74, 6) is -0.714. The predicted molar refractivity (Wildman–Crippen MR) is 139 cm³/mol. The summed E-state index contributed by atoms with van der Waals surface area (Å²) in [4.78, 5) is 15.1. The van der Waals surface area contributed by atoms with E-state index < -0.39 is 23.6 Å². The number of likely N-dealkylation sites (tertiary alicyclic amines) is 1. The van der Waals surface area contributed by atoms with Crippen molar-refractivity contribution in [1.29, 1.82) is 0 Å². The van der Waals surface area contributed by atoms with Crippen molar-refractivity contribution in [2.45, 2.75) is 62.7 Å². The molecule has 8 heteroatoms. The number of nitrogens with two attached hydrogens (primary N) is 1. The molecule has 4 N–H and O–H groups in total. The maximum Gasteiger partial charge on any atom is 0.225 e. The van der Waals surface area contributed by atoms with Crippen LogP contribution in [0.15, 0.2) is 48.5 Å². The fourth-order valence-electron chi connectivity index (χ4n) is 5.83. The highest BCUT2D eigenvalue weighted by atomic mass is 19.1. The molecule has 0 radical (unpaired) electrons. The number of hydrogen-bond donors (Lipinski definition) is 3. The smallest absolute Gasteiger partial charge is 0.225 e. The van der Waals surface area contributed by atoms with E-state index in [0.717, 1.165) is 12.8 Å². The summed E-state index contributed by atoms with van der Waals surface area (Å²) in [7, 11) is 1.64. The minimum Gasteiger partial charge on any atom is -0.454 e. The zero-order chi connectivity index (χ0) is 26.4. The van der Waals surface area contributed by atoms with Crippen LogP contribution < -0.4 is 10.5 Å². The number of ether oxygens (including phenoxy) is 2. The minimum absolute atomic E-state index is 0.0104. The standard InChI is InChI=1S/C29H39FN2O5/c1-36-16-6-5-14-29(35,23-12-7-13-24(30)27(23)37-22-10-3-2-4-11-22)21-9-8-15-32(19-21)28(34)20-17-25(31)26(33)18-20/h2-4,7,10-13,20-21,25-26,33,35H,5-6,8-9,14-19,31H2,1H3. The van der Waals surface area contributed by atoms with Gasteiger partial charge in [-0.2, -0.15) is 0 Å². The third kappa shape index (κ3) is 6.32. The van der Waals surface area contributed by atoms with Crippen LogP contribution in [0.5, 0.6) is 11.5 Å². The van der Waals surface area contributed by atoms with E-state index in [9.17, 15) is 15.0 Å². The number of carbonyl (C=O) groups is 1. The first kappa shape index (κ1) is 27.5. The molecule has 1 heterocycles. The Hall–Kier alpha value is -2.52. The number of benzene rings is 2. The van der Waals surface area contributed by atoms with Gasteiger partial charge in [-0.25, -0.2) is 4.39 Å². The molecular formula is C29H39FN2O5. The summed E-state index contributed by atoms with van der Waals surface area (Å²) in [6.07, 6.45) is 3.36. The SMILES string of the molecule is COCCCCC(O)(c1cccc(F)c1Oc1ccccc1)C1CCCN(C(=O)C2CC(N)C(O)C2)C1. The van der Waals surface area contributed by atoms with Gasteiger partial charge in [-0.15, -0.1) is 0 Å². The van der Waals surface area contributed by atoms with Crippen LogP contribution in [0.3, 0.4) is 0 Å². The summed E-state index contributed by atoms with van der Waals surface area (Å²) < 4.78 is 26.4. The second kappa shape index (κ2) is 12.3. The second-order valence-electron chi connectivity index (χ2n) is 10.4. The Balaban J connectivity index is 1.63. The molecule has 4 rings (SSSR count). The van der Waals surface area contributed by atoms with Crippen molar-refractivity contribution in [1.82, 2.24) is 4.90 Å². The van der Waals surface area contributed by atoms with Crippen LogP contribution in [0.25, 0.3) is 0 Å². The predicted octanol–water partition coefficient (Wildman–Crippen LogP) is 3.96. The summed E-state index contributed by atoms with van der Waals surface area (Å²) in [5.41, 5.74) is 4.94. The molecule has 1 saturated carbocycles. The number of halogens is 1. The molecule has 7 nitrogen and oxygen atoms in total. The Morgan fingerprint density at radius 2 is 1.95 bits per heavy atom. The van der Waals surface area contributed by atoms with E-state index >= 15 is 4.39 Å². The molecule has 37 heavy (non-hydrogen) atoms. The van der Waals surface area contributed by atoms with Gasteiger partial charge in [0.2, 0.25) is 5.91 Å². The zero-order valence-corrected chi connectivity index (χ0v) is 21.5. The number of hydrogen-bond acceptors (Lipinski definition) is 6. The number of unbranched alkanes of at least 4 members (excludes halogenated alkanes) is 1. The quantitative estimate of drug-likeness (QED) is 0.415. The molecule has 0 aromatic heterocycles. The summed E-state index contributed by atoms with van der Waals surface area (Å²) in [5, 5.41) is 22.4. The fraction of sp³-hybridized carbons (Fsp3) is 0.552. The molecule has 2 aromatic rings. The van der Waals surface area contributed by atoms with Crippen LogP contribution in [-0.4, -0.2) is 60.0 Å². The Morgan fingerprint density at radius 3 is 2.65 bits per heavy atom. The number of nitrogens with zero attached hydrogens (tertiary/aromatic N) is 1. The van der Waals surface area contributed by atoms with E-state index in [1.807, 2.05) is 18.2 Å². The zero-order valence-electron chi connectivity index (χ0n) is 21.5. The van der Waals surface area contributed by atoms with E-state index in [1.54, 1.807) is 36.3 Å². The van der Waals surface area contributed by atoms with Gasteiger partial charge in [-0.05, 0) is 63.1 Å². The Labute approximate surface area is 218 Å². The molecule has 202 valence electrons. The highest BCUT2D eigenvalue weighted by molar-refractivity contribution is 5.79. The average molecular weight is 515 g/mol. The third-order valence-corrected chi connectivity index (χ3v) is 7.89. The van der Waals surface area contributed by atoms with Gasteiger partial charge in [0.25, 0.3) is 0 Å². The lowest BCUT2D eigenvalue weighted by atomic mass is 9.73. The number of piperidine rings is 1. The van der Waals surface area contributed by atoms with E-state index in [4.69, 9.17) is 15.2 Å². The van der Waals surface area contributed by atoms with Gasteiger partial charge in [0.1, 0.15) is 5.75 Å². The van der Waals surface area contributed by atoms with E-state index in [-0.39, 0.29) is 23.5 Å². The molecule has 5 atom stereocenters. The fourth-order valence-corrected chi connectivity index (χ4v) is 5.83. The second-order valence-corrected chi connectivity index (χ2v) is 10.4. The first-order valence-electron chi connectivity index (χ1n) is 13.3. The molecule has 2 aliphatic rings. The van der Waals surface area contributed by atoms with Crippen molar-refractivity contribution in [2.24, 2.45) is 17.6 Å². The first-order chi connectivity index (χ1) is 17.8. The topological polar surface area (TPSA) is 105 Å². The molecule has 1 aliphatic carbocycles. The number of amides is 1. The Kier molecular flexibility index (Phi) is 9.18. The van der Waals surface area contributed by atoms with Gasteiger partial charge >= 0.3 is 0 Å². The number of rotatable bonds is 10. The van der Waals surface area contributed by atoms with Crippen molar-refractivity contribution in [3.05, 3.63) is 59.9 Å². The average Bonchev–Trinajstić information content (AvgIpc) is 3.25. The highest BCUT2D eigenvalue weighted by Crippen LogP contribution is 2.45. The summed E-state index contributed by atoms with van der Waals surface area (Å²) >= 11 is 0. The third-order valence-electron chi connectivity index (χ3n) is 7.89. The maximum atomic E-state index is 15.2. The van der Waals surface area contributed by atoms with Gasteiger partial charge in [-0.3, -0.25) is 4.79 Å². The molecule has 0 bridgehead atoms. The maximum absolute atomic E-state index is 15.2. The van der Waals surface area contributed by atoms with Gasteiger partial charge in [0, 0.05) is 50.2 Å². The molecule has 1 saturated heterocycles. The van der Waals surface area contributed by atoms with Crippen LogP contribution in [0.1, 0.15) is 50.5 Å². The number of para-hydroxylation sites is 2. The monoisotopic (exact) mass is 514 g/mol. The minimum atomic E-state index is -1.41. The summed E-state index contributed by atoms with van der Waals surface area (Å²) in [6.45, 7) is 1.50. The molecule has 1 amide bonds. The van der Waals surface area contributed by atoms with Gasteiger partial charge in [0.15, 0.2) is 11.6 Å². The lowest BCUT2D eigenvalue weighted by molar-refractivity contribution is -0.141. The molecule has 5 unspecified atom stereocenters. The van der Waals surface area contributed by atoms with Crippen LogP contribution >= 0.6 is 0 Å². The number of aliphatic hydroxyl groups is 2. The van der Waals surface area contributed by atoms with Crippen molar-refractivity contribution in [3.63, 3.8) is 0 Å². The molecular weight excluding hydrogens is 475 g/mol. The Morgan fingerprint density at radius 1 is 1.16 bits per heavy atom. The van der Waals surface area contributed by atoms with E-state index in [2.05, 4.69) is 0 Å². The molecule has 1 aliphatic heterocycles. The Bertz CT molecular complexity index is 1030. The number of methoxy groups -OCH3 is 1. The molecule has 2 aromatic carbocycles. The normalized spacial score (nSPS) is 25.6. The number of aliphatic hydroxyl groups excluding tert-OH is 1. The van der Waals surface area contributed by atoms with Crippen molar-refractivity contribution >= 4 is 5.91 Å². The largest absolute Gasteiger partial charge is 0.454 e. The van der Waals surface area contributed by atoms with Gasteiger partial charge in [-0.1, -0.05) is 30.3 Å². The van der Waals surface area contributed by atoms with Crippen molar-refractivity contribution in [3.8, 4) is 11.5 Å². The van der Waals surface area contributed by atoms with Gasteiger partial charge < -0.3 is 30.3 Å². The first-order valence-corrected chi connectivity index (χ1v) is 13.3. The van der Waals surface area contributed by atoms with Crippen molar-refractivity contribution in [2.75, 3.05) is 26.8 Å². The van der Waals surface area contributed by atoms with E-state index in [0.29, 0.717) is 63.1 Å².